The second kappa shape index (κ2) is 15.8. The fourth-order valence-electron chi connectivity index (χ4n) is 4.49. The van der Waals surface area contributed by atoms with Crippen molar-refractivity contribution in [2.45, 2.75) is 66.5 Å². The molecule has 1 N–H and O–H groups in total. The number of likely N-dealkylation sites (tertiary alicyclic amines) is 1. The number of allylic oxidation sites excluding steroid dienone is 3. The molecule has 2 aliphatic rings. The van der Waals surface area contributed by atoms with Gasteiger partial charge in [-0.15, -0.1) is 0 Å². The van der Waals surface area contributed by atoms with Crippen molar-refractivity contribution in [1.29, 1.82) is 0 Å². The number of benzene rings is 1. The van der Waals surface area contributed by atoms with Crippen LogP contribution in [-0.2, 0) is 0 Å². The molecule has 7 nitrogen and oxygen atoms in total. The zero-order valence-electron chi connectivity index (χ0n) is 25.8. The Morgan fingerprint density at radius 3 is 2.17 bits per heavy atom. The van der Waals surface area contributed by atoms with Gasteiger partial charge in [-0.1, -0.05) is 52.0 Å². The molecule has 0 aliphatic carbocycles. The molecule has 2 aliphatic heterocycles. The van der Waals surface area contributed by atoms with E-state index in [0.29, 0.717) is 22.5 Å². The predicted octanol–water partition coefficient (Wildman–Crippen LogP) is 7.05. The van der Waals surface area contributed by atoms with Gasteiger partial charge in [-0.3, -0.25) is 14.6 Å². The van der Waals surface area contributed by atoms with E-state index in [1.54, 1.807) is 48.5 Å². The summed E-state index contributed by atoms with van der Waals surface area (Å²) < 4.78 is 15.6. The van der Waals surface area contributed by atoms with Gasteiger partial charge in [-0.05, 0) is 56.2 Å². The largest absolute Gasteiger partial charge is 0.356 e. The Kier molecular flexibility index (Phi) is 12.9. The van der Waals surface area contributed by atoms with Crippen LogP contribution < -0.4 is 10.2 Å². The summed E-state index contributed by atoms with van der Waals surface area (Å²) in [7, 11) is 1.58. The highest BCUT2D eigenvalue weighted by molar-refractivity contribution is 6.06. The summed E-state index contributed by atoms with van der Waals surface area (Å²) in [5.74, 6) is 0.393. The molecule has 1 aromatic carbocycles. The van der Waals surface area contributed by atoms with Gasteiger partial charge in [-0.25, -0.2) is 9.37 Å². The number of anilines is 2. The molecule has 41 heavy (non-hydrogen) atoms. The second-order valence-corrected chi connectivity index (χ2v) is 9.78. The van der Waals surface area contributed by atoms with Gasteiger partial charge >= 0.3 is 0 Å². The third-order valence-corrected chi connectivity index (χ3v) is 6.99. The van der Waals surface area contributed by atoms with E-state index in [0.717, 1.165) is 36.5 Å². The van der Waals surface area contributed by atoms with E-state index in [4.69, 9.17) is 0 Å². The summed E-state index contributed by atoms with van der Waals surface area (Å²) in [6, 6.07) is 8.84. The number of hydrogen-bond donors (Lipinski definition) is 1. The molecule has 0 unspecified atom stereocenters. The average Bonchev–Trinajstić information content (AvgIpc) is 2.96. The molecular weight excluding hydrogens is 517 g/mol. The van der Waals surface area contributed by atoms with E-state index in [2.05, 4.69) is 26.8 Å². The average molecular weight is 564 g/mol. The Bertz CT molecular complexity index is 1240. The molecule has 1 aromatic heterocycles. The summed E-state index contributed by atoms with van der Waals surface area (Å²) in [6.45, 7) is 18.1. The lowest BCUT2D eigenvalue weighted by Crippen LogP contribution is -2.48. The lowest BCUT2D eigenvalue weighted by Gasteiger charge is -2.36. The van der Waals surface area contributed by atoms with Crippen molar-refractivity contribution in [3.63, 3.8) is 0 Å². The minimum atomic E-state index is -1.58. The smallest absolute Gasteiger partial charge is 0.257 e. The highest BCUT2D eigenvalue weighted by Gasteiger charge is 2.39. The molecule has 0 radical (unpaired) electrons. The number of carbonyl (C=O) groups excluding carboxylic acids is 2. The Labute approximate surface area is 245 Å². The van der Waals surface area contributed by atoms with Crippen molar-refractivity contribution in [1.82, 2.24) is 9.88 Å². The Morgan fingerprint density at radius 2 is 1.66 bits per heavy atom. The molecular formula is C33H46FN5O2. The number of rotatable bonds is 7. The Morgan fingerprint density at radius 1 is 1.02 bits per heavy atom. The molecule has 2 fully saturated rings. The maximum absolute atomic E-state index is 15.6. The van der Waals surface area contributed by atoms with Crippen molar-refractivity contribution < 1.29 is 14.0 Å². The van der Waals surface area contributed by atoms with Crippen LogP contribution in [-0.4, -0.2) is 66.3 Å². The zero-order valence-corrected chi connectivity index (χ0v) is 25.8. The van der Waals surface area contributed by atoms with Gasteiger partial charge in [0.15, 0.2) is 5.67 Å². The number of aromatic nitrogens is 1. The minimum absolute atomic E-state index is 0.168. The predicted molar refractivity (Wildman–Crippen MR) is 169 cm³/mol. The molecule has 2 aromatic rings. The van der Waals surface area contributed by atoms with Crippen LogP contribution in [0.5, 0.6) is 0 Å². The van der Waals surface area contributed by atoms with Gasteiger partial charge < -0.3 is 15.1 Å². The lowest BCUT2D eigenvalue weighted by molar-refractivity contribution is 0.0608. The number of nitrogens with zero attached hydrogens (tertiary/aromatic N) is 4. The van der Waals surface area contributed by atoms with Gasteiger partial charge in [0, 0.05) is 63.5 Å². The van der Waals surface area contributed by atoms with Crippen LogP contribution in [0.15, 0.2) is 65.8 Å². The van der Waals surface area contributed by atoms with Crippen LogP contribution in [0.3, 0.4) is 0 Å². The van der Waals surface area contributed by atoms with E-state index < -0.39 is 5.67 Å². The van der Waals surface area contributed by atoms with Gasteiger partial charge in [0.1, 0.15) is 5.82 Å². The Hall–Kier alpha value is -3.81. The summed E-state index contributed by atoms with van der Waals surface area (Å²) in [4.78, 5) is 38.4. The molecule has 0 saturated carbocycles. The standard InChI is InChI=1S/C29H34FN5O2.2C2H6/c1-20(2)6-10-25(31-4)29(30)12-16-35(17-13-29)28(37)22-8-7-21(3)24(18-22)33-27(36)23-9-11-26(32-19-23)34-14-5-15-34;2*1-2/h6-11,18-19H,1,5,12-17H2,2-4H3,(H,33,36);2*1-2H3/b10-6-,31-25?;;. The van der Waals surface area contributed by atoms with Crippen LogP contribution in [0.1, 0.15) is 80.2 Å². The fraction of sp³-hybridized carbons (Fsp3) is 0.455. The lowest BCUT2D eigenvalue weighted by atomic mass is 9.87. The van der Waals surface area contributed by atoms with Crippen LogP contribution >= 0.6 is 0 Å². The van der Waals surface area contributed by atoms with Gasteiger partial charge in [0.05, 0.1) is 11.3 Å². The first-order valence-electron chi connectivity index (χ1n) is 14.6. The number of nitrogens with one attached hydrogen (secondary N) is 1. The normalized spacial score (nSPS) is 16.0. The maximum Gasteiger partial charge on any atom is 0.257 e. The van der Waals surface area contributed by atoms with Crippen LogP contribution in [0.25, 0.3) is 0 Å². The van der Waals surface area contributed by atoms with E-state index in [9.17, 15) is 9.59 Å². The monoisotopic (exact) mass is 563 g/mol. The molecule has 2 saturated heterocycles. The van der Waals surface area contributed by atoms with Crippen molar-refractivity contribution in [2.75, 3.05) is 43.4 Å². The number of hydrogen-bond acceptors (Lipinski definition) is 5. The zero-order chi connectivity index (χ0) is 30.6. The summed E-state index contributed by atoms with van der Waals surface area (Å²) in [5.41, 5.74) is 1.91. The quantitative estimate of drug-likeness (QED) is 0.289. The summed E-state index contributed by atoms with van der Waals surface area (Å²) >= 11 is 0. The third kappa shape index (κ3) is 8.59. The number of amides is 2. The molecule has 4 rings (SSSR count). The number of alkyl halides is 1. The highest BCUT2D eigenvalue weighted by atomic mass is 19.1. The molecule has 2 amide bonds. The SMILES string of the molecule is C=C(C)/C=C\C(=NC)C1(F)CCN(C(=O)c2ccc(C)c(NC(=O)c3ccc(N4CCC4)nc3)c2)CC1.CC.CC. The van der Waals surface area contributed by atoms with Crippen molar-refractivity contribution >= 4 is 29.0 Å². The van der Waals surface area contributed by atoms with Crippen molar-refractivity contribution in [3.05, 3.63) is 77.5 Å². The molecule has 222 valence electrons. The van der Waals surface area contributed by atoms with E-state index >= 15 is 4.39 Å². The molecule has 0 atom stereocenters. The molecule has 0 spiro atoms. The first-order valence-corrected chi connectivity index (χ1v) is 14.6. The van der Waals surface area contributed by atoms with Crippen molar-refractivity contribution in [3.8, 4) is 0 Å². The molecule has 8 heteroatoms. The number of piperidine rings is 1. The highest BCUT2D eigenvalue weighted by Crippen LogP contribution is 2.30. The molecule has 3 heterocycles. The number of aryl methyl sites for hydroxylation is 1. The van der Waals surface area contributed by atoms with Crippen LogP contribution in [0.4, 0.5) is 15.9 Å². The van der Waals surface area contributed by atoms with Crippen molar-refractivity contribution in [2.24, 2.45) is 4.99 Å². The molecule has 0 bridgehead atoms. The van der Waals surface area contributed by atoms with E-state index in [1.807, 2.05) is 53.7 Å². The first-order chi connectivity index (χ1) is 19.7. The van der Waals surface area contributed by atoms with Crippen LogP contribution in [0.2, 0.25) is 0 Å². The number of pyridine rings is 1. The third-order valence-electron chi connectivity index (χ3n) is 6.99. The van der Waals surface area contributed by atoms with Gasteiger partial charge in [0.2, 0.25) is 0 Å². The van der Waals surface area contributed by atoms with E-state index in [-0.39, 0.29) is 37.7 Å². The number of halogens is 1. The van der Waals surface area contributed by atoms with Gasteiger partial charge in [-0.2, -0.15) is 0 Å². The first kappa shape index (κ1) is 33.4. The van der Waals surface area contributed by atoms with E-state index in [1.165, 1.54) is 0 Å². The maximum atomic E-state index is 15.6. The number of carbonyl (C=O) groups is 2. The summed E-state index contributed by atoms with van der Waals surface area (Å²) in [5, 5.41) is 2.91. The number of aliphatic imine (C=N–C) groups is 1. The topological polar surface area (TPSA) is 77.9 Å². The minimum Gasteiger partial charge on any atom is -0.356 e. The van der Waals surface area contributed by atoms with Crippen LogP contribution in [0, 0.1) is 6.92 Å². The Balaban J connectivity index is 0.00000141. The van der Waals surface area contributed by atoms with Gasteiger partial charge in [0.25, 0.3) is 11.8 Å². The summed E-state index contributed by atoms with van der Waals surface area (Å²) in [6.07, 6.45) is 6.49. The second-order valence-electron chi connectivity index (χ2n) is 9.78. The fourth-order valence-corrected chi connectivity index (χ4v) is 4.49.